The first-order valence-electron chi connectivity index (χ1n) is 6.97. The lowest BCUT2D eigenvalue weighted by Gasteiger charge is -2.17. The Hall–Kier alpha value is -1.71. The average molecular weight is 304 g/mol. The van der Waals surface area contributed by atoms with Crippen molar-refractivity contribution in [3.63, 3.8) is 0 Å². The Balaban J connectivity index is 1.96. The lowest BCUT2D eigenvalue weighted by molar-refractivity contribution is 0.254. The van der Waals surface area contributed by atoms with Crippen molar-refractivity contribution < 1.29 is 9.47 Å². The van der Waals surface area contributed by atoms with Crippen LogP contribution in [0, 0.1) is 0 Å². The molecule has 0 aliphatic carbocycles. The Morgan fingerprint density at radius 1 is 1.29 bits per heavy atom. The molecule has 2 aromatic rings. The minimum absolute atomic E-state index is 0.233. The normalized spacial score (nSPS) is 18.0. The van der Waals surface area contributed by atoms with E-state index >= 15 is 0 Å². The Kier molecular flexibility index (Phi) is 3.79. The van der Waals surface area contributed by atoms with Gasteiger partial charge in [0.2, 0.25) is 0 Å². The van der Waals surface area contributed by atoms with E-state index in [2.05, 4.69) is 13.0 Å². The molecular formula is C17H18ClNO2. The van der Waals surface area contributed by atoms with Gasteiger partial charge in [-0.2, -0.15) is 0 Å². The van der Waals surface area contributed by atoms with Gasteiger partial charge in [0.15, 0.2) is 0 Å². The molecule has 0 radical (unpaired) electrons. The summed E-state index contributed by atoms with van der Waals surface area (Å²) in [6.45, 7) is 2.07. The largest absolute Gasteiger partial charge is 0.496 e. The Labute approximate surface area is 129 Å². The Morgan fingerprint density at radius 3 is 2.86 bits per heavy atom. The van der Waals surface area contributed by atoms with Gasteiger partial charge in [0.25, 0.3) is 0 Å². The van der Waals surface area contributed by atoms with E-state index in [9.17, 15) is 0 Å². The number of hydrogen-bond acceptors (Lipinski definition) is 3. The van der Waals surface area contributed by atoms with Gasteiger partial charge >= 0.3 is 0 Å². The first-order valence-corrected chi connectivity index (χ1v) is 7.35. The van der Waals surface area contributed by atoms with Crippen molar-refractivity contribution in [2.24, 2.45) is 5.73 Å². The summed E-state index contributed by atoms with van der Waals surface area (Å²) >= 11 is 6.00. The van der Waals surface area contributed by atoms with Gasteiger partial charge in [0.1, 0.15) is 17.6 Å². The van der Waals surface area contributed by atoms with Crippen LogP contribution in [0.4, 0.5) is 0 Å². The molecule has 0 saturated carbocycles. The molecule has 0 saturated heterocycles. The average Bonchev–Trinajstić information content (AvgIpc) is 2.85. The molecule has 0 aromatic heterocycles. The highest BCUT2D eigenvalue weighted by atomic mass is 35.5. The Morgan fingerprint density at radius 2 is 2.10 bits per heavy atom. The summed E-state index contributed by atoms with van der Waals surface area (Å²) in [5, 5.41) is 0.638. The second-order valence-corrected chi connectivity index (χ2v) is 5.80. The molecule has 4 heteroatoms. The van der Waals surface area contributed by atoms with Gasteiger partial charge in [-0.1, -0.05) is 29.8 Å². The van der Waals surface area contributed by atoms with Crippen LogP contribution >= 0.6 is 11.6 Å². The van der Waals surface area contributed by atoms with E-state index in [0.29, 0.717) is 10.8 Å². The second kappa shape index (κ2) is 5.58. The zero-order valence-corrected chi connectivity index (χ0v) is 12.9. The van der Waals surface area contributed by atoms with Gasteiger partial charge in [0, 0.05) is 17.0 Å². The molecule has 21 heavy (non-hydrogen) atoms. The van der Waals surface area contributed by atoms with Crippen molar-refractivity contribution in [1.82, 2.24) is 0 Å². The molecule has 0 fully saturated rings. The highest BCUT2D eigenvalue weighted by molar-refractivity contribution is 6.30. The van der Waals surface area contributed by atoms with E-state index in [1.165, 1.54) is 5.56 Å². The van der Waals surface area contributed by atoms with Crippen LogP contribution in [0.2, 0.25) is 5.02 Å². The van der Waals surface area contributed by atoms with E-state index in [1.807, 2.05) is 24.3 Å². The molecule has 0 spiro atoms. The summed E-state index contributed by atoms with van der Waals surface area (Å²) in [6.07, 6.45) is 1.16. The van der Waals surface area contributed by atoms with Crippen LogP contribution in [0.15, 0.2) is 36.4 Å². The minimum atomic E-state index is -0.251. The van der Waals surface area contributed by atoms with Gasteiger partial charge in [0.05, 0.1) is 13.2 Å². The summed E-state index contributed by atoms with van der Waals surface area (Å²) in [7, 11) is 1.63. The molecule has 1 aliphatic heterocycles. The predicted octanol–water partition coefficient (Wildman–Crippen LogP) is 3.72. The number of rotatable bonds is 3. The molecular weight excluding hydrogens is 286 g/mol. The molecule has 2 N–H and O–H groups in total. The molecule has 3 nitrogen and oxygen atoms in total. The summed E-state index contributed by atoms with van der Waals surface area (Å²) in [5.41, 5.74) is 9.59. The summed E-state index contributed by atoms with van der Waals surface area (Å²) < 4.78 is 11.1. The molecule has 2 atom stereocenters. The predicted molar refractivity (Wildman–Crippen MR) is 84.3 cm³/mol. The third-order valence-corrected chi connectivity index (χ3v) is 4.04. The van der Waals surface area contributed by atoms with Crippen LogP contribution in [0.3, 0.4) is 0 Å². The maximum Gasteiger partial charge on any atom is 0.125 e. The fraction of sp³-hybridized carbons (Fsp3) is 0.294. The third kappa shape index (κ3) is 2.71. The van der Waals surface area contributed by atoms with Crippen molar-refractivity contribution >= 4 is 11.6 Å². The SMILES string of the molecule is COc1cc(Cl)ccc1C(N)c1ccc2c(c1)CC(C)O2. The van der Waals surface area contributed by atoms with E-state index in [0.717, 1.165) is 23.3 Å². The van der Waals surface area contributed by atoms with Gasteiger partial charge in [-0.3, -0.25) is 0 Å². The standard InChI is InChI=1S/C17H18ClNO2/c1-10-7-12-8-11(3-6-15(12)21-10)17(19)14-5-4-13(18)9-16(14)20-2/h3-6,8-10,17H,7,19H2,1-2H3. The lowest BCUT2D eigenvalue weighted by Crippen LogP contribution is -2.13. The van der Waals surface area contributed by atoms with Crippen molar-refractivity contribution in [3.05, 3.63) is 58.1 Å². The van der Waals surface area contributed by atoms with E-state index in [4.69, 9.17) is 26.8 Å². The van der Waals surface area contributed by atoms with E-state index in [-0.39, 0.29) is 12.1 Å². The molecule has 0 amide bonds. The van der Waals surface area contributed by atoms with Crippen LogP contribution in [0.1, 0.15) is 29.7 Å². The third-order valence-electron chi connectivity index (χ3n) is 3.81. The monoisotopic (exact) mass is 303 g/mol. The molecule has 1 heterocycles. The van der Waals surface area contributed by atoms with E-state index in [1.54, 1.807) is 13.2 Å². The van der Waals surface area contributed by atoms with Crippen molar-refractivity contribution in [3.8, 4) is 11.5 Å². The summed E-state index contributed by atoms with van der Waals surface area (Å²) in [6, 6.07) is 11.4. The number of methoxy groups -OCH3 is 1. The zero-order valence-electron chi connectivity index (χ0n) is 12.1. The fourth-order valence-corrected chi connectivity index (χ4v) is 2.92. The maximum absolute atomic E-state index is 6.41. The van der Waals surface area contributed by atoms with Gasteiger partial charge in [-0.05, 0) is 36.2 Å². The Bertz CT molecular complexity index is 672. The van der Waals surface area contributed by atoms with Gasteiger partial charge in [-0.25, -0.2) is 0 Å². The molecule has 0 bridgehead atoms. The summed E-state index contributed by atoms with van der Waals surface area (Å²) in [4.78, 5) is 0. The van der Waals surface area contributed by atoms with Crippen LogP contribution in [-0.2, 0) is 6.42 Å². The maximum atomic E-state index is 6.41. The number of ether oxygens (including phenoxy) is 2. The number of halogens is 1. The van der Waals surface area contributed by atoms with Crippen LogP contribution < -0.4 is 15.2 Å². The first kappa shape index (κ1) is 14.2. The van der Waals surface area contributed by atoms with Gasteiger partial charge in [-0.15, -0.1) is 0 Å². The summed E-state index contributed by atoms with van der Waals surface area (Å²) in [5.74, 6) is 1.67. The molecule has 2 unspecified atom stereocenters. The van der Waals surface area contributed by atoms with Crippen LogP contribution in [0.25, 0.3) is 0 Å². The first-order chi connectivity index (χ1) is 10.1. The molecule has 2 aromatic carbocycles. The fourth-order valence-electron chi connectivity index (χ4n) is 2.76. The number of fused-ring (bicyclic) bond motifs is 1. The molecule has 110 valence electrons. The lowest BCUT2D eigenvalue weighted by atomic mass is 9.96. The number of nitrogens with two attached hydrogens (primary N) is 1. The highest BCUT2D eigenvalue weighted by Gasteiger charge is 2.21. The van der Waals surface area contributed by atoms with E-state index < -0.39 is 0 Å². The minimum Gasteiger partial charge on any atom is -0.496 e. The molecule has 3 rings (SSSR count). The molecule has 1 aliphatic rings. The van der Waals surface area contributed by atoms with Crippen LogP contribution in [0.5, 0.6) is 11.5 Å². The van der Waals surface area contributed by atoms with Crippen molar-refractivity contribution in [2.45, 2.75) is 25.5 Å². The van der Waals surface area contributed by atoms with Gasteiger partial charge < -0.3 is 15.2 Å². The number of hydrogen-bond donors (Lipinski definition) is 1. The highest BCUT2D eigenvalue weighted by Crippen LogP contribution is 2.35. The quantitative estimate of drug-likeness (QED) is 0.940. The van der Waals surface area contributed by atoms with Crippen molar-refractivity contribution in [1.29, 1.82) is 0 Å². The zero-order chi connectivity index (χ0) is 15.0. The number of benzene rings is 2. The topological polar surface area (TPSA) is 44.5 Å². The smallest absolute Gasteiger partial charge is 0.125 e. The second-order valence-electron chi connectivity index (χ2n) is 5.36. The van der Waals surface area contributed by atoms with Crippen molar-refractivity contribution in [2.75, 3.05) is 7.11 Å². The van der Waals surface area contributed by atoms with Crippen LogP contribution in [-0.4, -0.2) is 13.2 Å².